The van der Waals surface area contributed by atoms with E-state index in [0.717, 1.165) is 18.8 Å². The van der Waals surface area contributed by atoms with Crippen LogP contribution >= 0.6 is 11.3 Å². The maximum atomic E-state index is 5.75. The second kappa shape index (κ2) is 4.83. The summed E-state index contributed by atoms with van der Waals surface area (Å²) >= 11 is 1.91. The Kier molecular flexibility index (Phi) is 3.21. The van der Waals surface area contributed by atoms with Crippen LogP contribution < -0.4 is 5.32 Å². The van der Waals surface area contributed by atoms with Gasteiger partial charge in [-0.05, 0) is 49.4 Å². The van der Waals surface area contributed by atoms with Crippen LogP contribution in [-0.4, -0.2) is 19.7 Å². The third-order valence-corrected chi connectivity index (χ3v) is 4.85. The van der Waals surface area contributed by atoms with Gasteiger partial charge < -0.3 is 10.1 Å². The van der Waals surface area contributed by atoms with Gasteiger partial charge in [0.25, 0.3) is 0 Å². The minimum Gasteiger partial charge on any atom is -0.496 e. The first kappa shape index (κ1) is 11.3. The molecule has 1 aliphatic heterocycles. The SMILES string of the molecule is CNC(C1=CCCO1)C1CCCc2sccc21. The van der Waals surface area contributed by atoms with Crippen LogP contribution in [0.3, 0.4) is 0 Å². The number of hydrogen-bond donors (Lipinski definition) is 1. The molecule has 0 radical (unpaired) electrons. The molecule has 0 amide bonds. The van der Waals surface area contributed by atoms with Gasteiger partial charge in [-0.1, -0.05) is 0 Å². The van der Waals surface area contributed by atoms with E-state index in [1.54, 1.807) is 10.4 Å². The van der Waals surface area contributed by atoms with Gasteiger partial charge in [0, 0.05) is 17.2 Å². The van der Waals surface area contributed by atoms with Crippen LogP contribution in [0.2, 0.25) is 0 Å². The van der Waals surface area contributed by atoms with Crippen LogP contribution in [0.1, 0.15) is 35.6 Å². The highest BCUT2D eigenvalue weighted by atomic mass is 32.1. The first-order valence-corrected chi connectivity index (χ1v) is 7.34. The van der Waals surface area contributed by atoms with Crippen molar-refractivity contribution in [2.75, 3.05) is 13.7 Å². The summed E-state index contributed by atoms with van der Waals surface area (Å²) in [7, 11) is 2.05. The molecule has 0 aromatic carbocycles. The quantitative estimate of drug-likeness (QED) is 0.889. The molecule has 1 N–H and O–H groups in total. The second-order valence-electron chi connectivity index (χ2n) is 4.81. The predicted molar refractivity (Wildman–Crippen MR) is 71.5 cm³/mol. The third kappa shape index (κ3) is 2.02. The van der Waals surface area contributed by atoms with Crippen molar-refractivity contribution in [1.82, 2.24) is 5.32 Å². The van der Waals surface area contributed by atoms with Crippen molar-refractivity contribution in [3.05, 3.63) is 33.7 Å². The molecular formula is C14H19NOS. The van der Waals surface area contributed by atoms with Gasteiger partial charge in [0.2, 0.25) is 0 Å². The van der Waals surface area contributed by atoms with Crippen LogP contribution in [0.4, 0.5) is 0 Å². The second-order valence-corrected chi connectivity index (χ2v) is 5.81. The molecule has 0 spiro atoms. The Balaban J connectivity index is 1.88. The van der Waals surface area contributed by atoms with E-state index in [9.17, 15) is 0 Å². The highest BCUT2D eigenvalue weighted by molar-refractivity contribution is 7.10. The topological polar surface area (TPSA) is 21.3 Å². The zero-order valence-electron chi connectivity index (χ0n) is 10.2. The van der Waals surface area contributed by atoms with E-state index >= 15 is 0 Å². The molecule has 2 heterocycles. The van der Waals surface area contributed by atoms with Crippen LogP contribution in [0.15, 0.2) is 23.3 Å². The number of aryl methyl sites for hydroxylation is 1. The Hall–Kier alpha value is -0.800. The molecule has 2 nitrogen and oxygen atoms in total. The Morgan fingerprint density at radius 1 is 1.53 bits per heavy atom. The van der Waals surface area contributed by atoms with Crippen LogP contribution in [0.5, 0.6) is 0 Å². The van der Waals surface area contributed by atoms with Crippen molar-refractivity contribution < 1.29 is 4.74 Å². The number of fused-ring (bicyclic) bond motifs is 1. The Bertz CT molecular complexity index is 424. The lowest BCUT2D eigenvalue weighted by molar-refractivity contribution is 0.205. The van der Waals surface area contributed by atoms with E-state index in [4.69, 9.17) is 4.74 Å². The number of rotatable bonds is 3. The van der Waals surface area contributed by atoms with Gasteiger partial charge in [-0.2, -0.15) is 0 Å². The van der Waals surface area contributed by atoms with Crippen molar-refractivity contribution in [2.45, 2.75) is 37.6 Å². The van der Waals surface area contributed by atoms with Gasteiger partial charge >= 0.3 is 0 Å². The fourth-order valence-corrected chi connectivity index (χ4v) is 4.06. The van der Waals surface area contributed by atoms with Gasteiger partial charge in [-0.15, -0.1) is 11.3 Å². The minimum atomic E-state index is 0.367. The zero-order valence-corrected chi connectivity index (χ0v) is 11.1. The van der Waals surface area contributed by atoms with Gasteiger partial charge in [0.15, 0.2) is 0 Å². The summed E-state index contributed by atoms with van der Waals surface area (Å²) in [4.78, 5) is 1.58. The van der Waals surface area contributed by atoms with E-state index in [-0.39, 0.29) is 0 Å². The molecule has 1 aromatic heterocycles. The minimum absolute atomic E-state index is 0.367. The summed E-state index contributed by atoms with van der Waals surface area (Å²) in [6, 6.07) is 2.68. The fraction of sp³-hybridized carbons (Fsp3) is 0.571. The van der Waals surface area contributed by atoms with Crippen molar-refractivity contribution in [3.8, 4) is 0 Å². The van der Waals surface area contributed by atoms with Crippen LogP contribution in [0, 0.1) is 0 Å². The number of hydrogen-bond acceptors (Lipinski definition) is 3. The summed E-state index contributed by atoms with van der Waals surface area (Å²) in [5.74, 6) is 1.76. The number of likely N-dealkylation sites (N-methyl/N-ethyl adjacent to an activating group) is 1. The molecule has 92 valence electrons. The number of thiophene rings is 1. The van der Waals surface area contributed by atoms with Gasteiger partial charge in [0.1, 0.15) is 5.76 Å². The molecule has 1 aliphatic carbocycles. The molecule has 1 aromatic rings. The first-order valence-electron chi connectivity index (χ1n) is 6.46. The van der Waals surface area contributed by atoms with Crippen LogP contribution in [-0.2, 0) is 11.2 Å². The molecule has 0 saturated heterocycles. The summed E-state index contributed by atoms with van der Waals surface area (Å²) in [6.07, 6.45) is 7.16. The van der Waals surface area contributed by atoms with E-state index < -0.39 is 0 Å². The third-order valence-electron chi connectivity index (χ3n) is 3.85. The summed E-state index contributed by atoms with van der Waals surface area (Å²) in [5, 5.41) is 5.69. The van der Waals surface area contributed by atoms with Crippen molar-refractivity contribution >= 4 is 11.3 Å². The van der Waals surface area contributed by atoms with E-state index in [1.807, 2.05) is 18.4 Å². The average Bonchev–Trinajstić information content (AvgIpc) is 3.00. The largest absolute Gasteiger partial charge is 0.496 e. The predicted octanol–water partition coefficient (Wildman–Crippen LogP) is 3.06. The molecular weight excluding hydrogens is 230 g/mol. The molecule has 3 rings (SSSR count). The van der Waals surface area contributed by atoms with Crippen molar-refractivity contribution in [1.29, 1.82) is 0 Å². The van der Waals surface area contributed by atoms with Crippen LogP contribution in [0.25, 0.3) is 0 Å². The standard InChI is InChI=1S/C14H19NOS/c1-15-14(12-5-3-8-16-12)11-4-2-6-13-10(11)7-9-17-13/h5,7,9,11,14-15H,2-4,6,8H2,1H3. The number of ether oxygens (including phenoxy) is 1. The van der Waals surface area contributed by atoms with Crippen molar-refractivity contribution in [3.63, 3.8) is 0 Å². The molecule has 2 atom stereocenters. The average molecular weight is 249 g/mol. The lowest BCUT2D eigenvalue weighted by Crippen LogP contribution is -2.35. The Labute approximate surface area is 107 Å². The number of nitrogens with one attached hydrogen (secondary N) is 1. The maximum absolute atomic E-state index is 5.75. The lowest BCUT2D eigenvalue weighted by Gasteiger charge is -2.30. The molecule has 2 aliphatic rings. The van der Waals surface area contributed by atoms with Crippen molar-refractivity contribution in [2.24, 2.45) is 0 Å². The molecule has 0 saturated carbocycles. The fourth-order valence-electron chi connectivity index (χ4n) is 3.06. The molecule has 0 bridgehead atoms. The monoisotopic (exact) mass is 249 g/mol. The summed E-state index contributed by atoms with van der Waals surface area (Å²) in [5.41, 5.74) is 1.55. The Morgan fingerprint density at radius 2 is 2.47 bits per heavy atom. The molecule has 2 unspecified atom stereocenters. The molecule has 3 heteroatoms. The normalized spacial score (nSPS) is 25.0. The van der Waals surface area contributed by atoms with Gasteiger partial charge in [-0.25, -0.2) is 0 Å². The summed E-state index contributed by atoms with van der Waals surface area (Å²) in [6.45, 7) is 0.858. The van der Waals surface area contributed by atoms with Gasteiger partial charge in [-0.3, -0.25) is 0 Å². The maximum Gasteiger partial charge on any atom is 0.110 e. The van der Waals surface area contributed by atoms with E-state index in [0.29, 0.717) is 12.0 Å². The lowest BCUT2D eigenvalue weighted by atomic mass is 9.82. The smallest absolute Gasteiger partial charge is 0.110 e. The van der Waals surface area contributed by atoms with Gasteiger partial charge in [0.05, 0.1) is 12.6 Å². The highest BCUT2D eigenvalue weighted by Crippen LogP contribution is 2.39. The van der Waals surface area contributed by atoms with E-state index in [2.05, 4.69) is 22.8 Å². The van der Waals surface area contributed by atoms with E-state index in [1.165, 1.54) is 19.3 Å². The molecule has 17 heavy (non-hydrogen) atoms. The Morgan fingerprint density at radius 3 is 3.24 bits per heavy atom. The highest BCUT2D eigenvalue weighted by Gasteiger charge is 2.31. The zero-order chi connectivity index (χ0) is 11.7. The summed E-state index contributed by atoms with van der Waals surface area (Å²) < 4.78 is 5.75. The first-order chi connectivity index (χ1) is 8.40. The molecule has 0 fully saturated rings.